The van der Waals surface area contributed by atoms with Gasteiger partial charge in [-0.3, -0.25) is 4.79 Å². The highest BCUT2D eigenvalue weighted by molar-refractivity contribution is 5.74. The average molecular weight is 355 g/mol. The number of ether oxygens (including phenoxy) is 1. The Labute approximate surface area is 143 Å². The van der Waals surface area contributed by atoms with Crippen molar-refractivity contribution in [1.82, 2.24) is 9.97 Å². The fourth-order valence-corrected chi connectivity index (χ4v) is 3.76. The third-order valence-corrected chi connectivity index (χ3v) is 4.93. The highest BCUT2D eigenvalue weighted by Gasteiger charge is 2.45. The number of carbonyl (C=O) groups excluding carboxylic acids is 1. The van der Waals surface area contributed by atoms with Crippen LogP contribution < -0.4 is 4.90 Å². The summed E-state index contributed by atoms with van der Waals surface area (Å²) in [7, 11) is 0. The van der Waals surface area contributed by atoms with Crippen molar-refractivity contribution in [2.24, 2.45) is 23.7 Å². The molecule has 1 aliphatic heterocycles. The summed E-state index contributed by atoms with van der Waals surface area (Å²) >= 11 is 0. The number of anilines is 1. The molecule has 1 aromatic heterocycles. The van der Waals surface area contributed by atoms with Crippen LogP contribution in [0.3, 0.4) is 0 Å². The number of halogens is 3. The summed E-state index contributed by atoms with van der Waals surface area (Å²) in [6.07, 6.45) is 0.470. The van der Waals surface area contributed by atoms with E-state index in [-0.39, 0.29) is 35.5 Å². The van der Waals surface area contributed by atoms with Gasteiger partial charge in [-0.1, -0.05) is 19.1 Å². The predicted octanol–water partition coefficient (Wildman–Crippen LogP) is 2.93. The first-order valence-corrected chi connectivity index (χ1v) is 8.30. The summed E-state index contributed by atoms with van der Waals surface area (Å²) in [6, 6.07) is 0.962. The Morgan fingerprint density at radius 2 is 2.08 bits per heavy atom. The number of carbonyl (C=O) groups is 1. The van der Waals surface area contributed by atoms with Crippen molar-refractivity contribution in [2.75, 3.05) is 24.6 Å². The van der Waals surface area contributed by atoms with Crippen molar-refractivity contribution in [3.05, 3.63) is 30.2 Å². The van der Waals surface area contributed by atoms with E-state index in [1.165, 1.54) is 0 Å². The Balaban J connectivity index is 1.83. The summed E-state index contributed by atoms with van der Waals surface area (Å²) in [6.45, 7) is 5.03. The van der Waals surface area contributed by atoms with Gasteiger partial charge in [-0.2, -0.15) is 13.2 Å². The zero-order chi connectivity index (χ0) is 18.2. The minimum absolute atomic E-state index is 0.00310. The summed E-state index contributed by atoms with van der Waals surface area (Å²) in [5.74, 6) is -0.159. The van der Waals surface area contributed by atoms with Gasteiger partial charge in [0.05, 0.1) is 12.5 Å². The zero-order valence-electron chi connectivity index (χ0n) is 14.0. The number of esters is 1. The van der Waals surface area contributed by atoms with Gasteiger partial charge in [0.2, 0.25) is 0 Å². The van der Waals surface area contributed by atoms with Crippen molar-refractivity contribution in [3.8, 4) is 0 Å². The van der Waals surface area contributed by atoms with Gasteiger partial charge in [0.15, 0.2) is 0 Å². The molecule has 0 radical (unpaired) electrons. The summed E-state index contributed by atoms with van der Waals surface area (Å²) in [4.78, 5) is 21.4. The molecular weight excluding hydrogens is 335 g/mol. The first-order valence-electron chi connectivity index (χ1n) is 8.30. The maximum Gasteiger partial charge on any atom is 0.433 e. The Hall–Kier alpha value is -2.12. The molecule has 3 rings (SSSR count). The van der Waals surface area contributed by atoms with Gasteiger partial charge in [0, 0.05) is 19.2 Å². The molecule has 4 atom stereocenters. The lowest BCUT2D eigenvalue weighted by molar-refractivity contribution is -0.152. The van der Waals surface area contributed by atoms with Gasteiger partial charge in [0.1, 0.15) is 17.8 Å². The fraction of sp³-hybridized carbons (Fsp3) is 0.588. The first-order chi connectivity index (χ1) is 11.8. The van der Waals surface area contributed by atoms with Crippen LogP contribution in [0.2, 0.25) is 0 Å². The van der Waals surface area contributed by atoms with Crippen LogP contribution in [0.1, 0.15) is 19.5 Å². The number of fused-ring (bicyclic) bond motifs is 1. The van der Waals surface area contributed by atoms with Crippen LogP contribution in [0.5, 0.6) is 0 Å². The molecule has 1 fully saturated rings. The molecule has 0 spiro atoms. The van der Waals surface area contributed by atoms with Crippen LogP contribution in [-0.4, -0.2) is 35.6 Å². The minimum atomic E-state index is -4.51. The number of rotatable bonds is 3. The Morgan fingerprint density at radius 3 is 2.76 bits per heavy atom. The van der Waals surface area contributed by atoms with E-state index in [9.17, 15) is 18.0 Å². The molecule has 0 aromatic carbocycles. The van der Waals surface area contributed by atoms with E-state index in [1.807, 2.05) is 13.0 Å². The fourth-order valence-electron chi connectivity index (χ4n) is 3.76. The number of hydrogen-bond donors (Lipinski definition) is 0. The van der Waals surface area contributed by atoms with E-state index in [0.717, 1.165) is 12.4 Å². The molecule has 0 bridgehead atoms. The second-order valence-electron chi connectivity index (χ2n) is 6.51. The van der Waals surface area contributed by atoms with Crippen LogP contribution in [0.15, 0.2) is 24.5 Å². The Morgan fingerprint density at radius 1 is 1.32 bits per heavy atom. The molecule has 1 aliphatic carbocycles. The van der Waals surface area contributed by atoms with Crippen LogP contribution in [0, 0.1) is 23.7 Å². The lowest BCUT2D eigenvalue weighted by atomic mass is 9.72. The molecule has 0 unspecified atom stereocenters. The van der Waals surface area contributed by atoms with Gasteiger partial charge in [-0.15, -0.1) is 0 Å². The largest absolute Gasteiger partial charge is 0.466 e. The smallest absolute Gasteiger partial charge is 0.433 e. The lowest BCUT2D eigenvalue weighted by Crippen LogP contribution is -2.37. The molecule has 1 aromatic rings. The third-order valence-electron chi connectivity index (χ3n) is 4.93. The van der Waals surface area contributed by atoms with E-state index < -0.39 is 11.9 Å². The normalized spacial score (nSPS) is 28.8. The molecule has 0 N–H and O–H groups in total. The quantitative estimate of drug-likeness (QED) is 0.616. The molecule has 0 amide bonds. The second-order valence-corrected chi connectivity index (χ2v) is 6.51. The highest BCUT2D eigenvalue weighted by Crippen LogP contribution is 2.41. The van der Waals surface area contributed by atoms with Gasteiger partial charge in [-0.25, -0.2) is 9.97 Å². The van der Waals surface area contributed by atoms with Gasteiger partial charge >= 0.3 is 12.1 Å². The SMILES string of the molecule is CCOC(=O)[C@@H]1[C@H]2CN(c3cc(C(F)(F)F)ncn3)C[C@@H]2C=C[C@@H]1C. The van der Waals surface area contributed by atoms with Crippen LogP contribution in [-0.2, 0) is 15.7 Å². The van der Waals surface area contributed by atoms with Crippen molar-refractivity contribution in [1.29, 1.82) is 0 Å². The third kappa shape index (κ3) is 3.48. The van der Waals surface area contributed by atoms with E-state index in [1.54, 1.807) is 11.8 Å². The summed E-state index contributed by atoms with van der Waals surface area (Å²) in [5.41, 5.74) is -0.960. The minimum Gasteiger partial charge on any atom is -0.466 e. The average Bonchev–Trinajstić information content (AvgIpc) is 2.98. The maximum atomic E-state index is 12.9. The van der Waals surface area contributed by atoms with Crippen molar-refractivity contribution in [2.45, 2.75) is 20.0 Å². The van der Waals surface area contributed by atoms with Gasteiger partial charge < -0.3 is 9.64 Å². The Bertz CT molecular complexity index is 677. The van der Waals surface area contributed by atoms with Crippen molar-refractivity contribution in [3.63, 3.8) is 0 Å². The highest BCUT2D eigenvalue weighted by atomic mass is 19.4. The molecular formula is C17H20F3N3O2. The summed E-state index contributed by atoms with van der Waals surface area (Å²) < 4.78 is 43.8. The van der Waals surface area contributed by atoms with Crippen LogP contribution >= 0.6 is 0 Å². The zero-order valence-corrected chi connectivity index (χ0v) is 14.0. The molecule has 1 saturated heterocycles. The Kier molecular flexibility index (Phi) is 4.71. The maximum absolute atomic E-state index is 12.9. The topological polar surface area (TPSA) is 55.3 Å². The van der Waals surface area contributed by atoms with Gasteiger partial charge in [0.25, 0.3) is 0 Å². The van der Waals surface area contributed by atoms with Crippen molar-refractivity contribution >= 4 is 11.8 Å². The monoisotopic (exact) mass is 355 g/mol. The van der Waals surface area contributed by atoms with Gasteiger partial charge in [-0.05, 0) is 24.7 Å². The number of alkyl halides is 3. The molecule has 25 heavy (non-hydrogen) atoms. The standard InChI is InChI=1S/C17H20F3N3O2/c1-3-25-16(24)15-10(2)4-5-11-7-23(8-12(11)15)14-6-13(17(18,19)20)21-9-22-14/h4-6,9-12,15H,3,7-8H2,1-2H3/t10-,11-,12-,15-/m0/s1. The number of hydrogen-bond acceptors (Lipinski definition) is 5. The predicted molar refractivity (Wildman–Crippen MR) is 84.7 cm³/mol. The molecule has 136 valence electrons. The van der Waals surface area contributed by atoms with Crippen LogP contribution in [0.25, 0.3) is 0 Å². The van der Waals surface area contributed by atoms with E-state index in [4.69, 9.17) is 4.74 Å². The number of nitrogens with zero attached hydrogens (tertiary/aromatic N) is 3. The van der Waals surface area contributed by atoms with E-state index in [0.29, 0.717) is 19.7 Å². The van der Waals surface area contributed by atoms with E-state index >= 15 is 0 Å². The first kappa shape index (κ1) is 17.7. The molecule has 0 saturated carbocycles. The van der Waals surface area contributed by atoms with Crippen molar-refractivity contribution < 1.29 is 22.7 Å². The molecule has 8 heteroatoms. The van der Waals surface area contributed by atoms with Crippen LogP contribution in [0.4, 0.5) is 19.0 Å². The lowest BCUT2D eigenvalue weighted by Gasteiger charge is -2.31. The number of allylic oxidation sites excluding steroid dienone is 1. The molecule has 5 nitrogen and oxygen atoms in total. The number of aromatic nitrogens is 2. The molecule has 2 heterocycles. The van der Waals surface area contributed by atoms with E-state index in [2.05, 4.69) is 16.0 Å². The molecule has 2 aliphatic rings. The second kappa shape index (κ2) is 6.65. The summed E-state index contributed by atoms with van der Waals surface area (Å²) in [5, 5.41) is 0.